The second kappa shape index (κ2) is 6.43. The van der Waals surface area contributed by atoms with Gasteiger partial charge in [-0.1, -0.05) is 23.2 Å². The molecule has 0 atom stereocenters. The molecule has 4 aliphatic rings. The van der Waals surface area contributed by atoms with Gasteiger partial charge in [-0.05, 0) is 74.5 Å². The van der Waals surface area contributed by atoms with Crippen molar-refractivity contribution in [2.24, 2.45) is 23.2 Å². The largest absolute Gasteiger partial charge is 0.293 e. The molecule has 3 aromatic rings. The summed E-state index contributed by atoms with van der Waals surface area (Å²) in [6, 6.07) is 5.40. The van der Waals surface area contributed by atoms with Crippen LogP contribution in [0.4, 0.5) is 5.95 Å². The molecule has 2 heterocycles. The number of carbonyl (C=O) groups excluding carboxylic acids is 1. The Balaban J connectivity index is 1.30. The monoisotopic (exact) mass is 446 g/mol. The number of carbonyl (C=O) groups is 1. The summed E-state index contributed by atoms with van der Waals surface area (Å²) in [7, 11) is 0. The molecule has 1 amide bonds. The minimum atomic E-state index is -0.213. The number of anilines is 1. The van der Waals surface area contributed by atoms with Crippen molar-refractivity contribution in [3.63, 3.8) is 0 Å². The molecule has 29 heavy (non-hydrogen) atoms. The van der Waals surface area contributed by atoms with E-state index in [4.69, 9.17) is 23.2 Å². The van der Waals surface area contributed by atoms with Crippen LogP contribution in [-0.2, 0) is 4.79 Å². The summed E-state index contributed by atoms with van der Waals surface area (Å²) < 4.78 is 1.75. The predicted octanol–water partition coefficient (Wildman–Crippen LogP) is 5.92. The quantitative estimate of drug-likeness (QED) is 0.542. The van der Waals surface area contributed by atoms with E-state index in [1.54, 1.807) is 16.6 Å². The minimum absolute atomic E-state index is 0.112. The zero-order valence-corrected chi connectivity index (χ0v) is 18.0. The van der Waals surface area contributed by atoms with Crippen LogP contribution in [-0.4, -0.2) is 20.5 Å². The first-order valence-corrected chi connectivity index (χ1v) is 11.7. The fourth-order valence-electron chi connectivity index (χ4n) is 6.24. The molecule has 0 aliphatic heterocycles. The second-order valence-electron chi connectivity index (χ2n) is 9.03. The van der Waals surface area contributed by atoms with Crippen LogP contribution in [0.15, 0.2) is 23.6 Å². The highest BCUT2D eigenvalue weighted by Gasteiger charge is 2.54. The average molecular weight is 447 g/mol. The Labute approximate surface area is 182 Å². The third-order valence-corrected chi connectivity index (χ3v) is 8.40. The molecular formula is C21H20Cl2N4OS. The molecule has 5 nitrogen and oxygen atoms in total. The Morgan fingerprint density at radius 1 is 1.14 bits per heavy atom. The minimum Gasteiger partial charge on any atom is -0.293 e. The fourth-order valence-corrected chi connectivity index (χ4v) is 7.57. The third-order valence-electron chi connectivity index (χ3n) is 7.03. The Bertz CT molecular complexity index is 1100. The Hall–Kier alpha value is -1.63. The second-order valence-corrected chi connectivity index (χ2v) is 10.7. The molecule has 8 heteroatoms. The van der Waals surface area contributed by atoms with Crippen LogP contribution in [0.25, 0.3) is 16.2 Å². The lowest BCUT2D eigenvalue weighted by Gasteiger charge is -2.55. The molecule has 4 bridgehead atoms. The first kappa shape index (κ1) is 18.2. The molecule has 4 aliphatic carbocycles. The van der Waals surface area contributed by atoms with E-state index in [0.29, 0.717) is 16.0 Å². The normalized spacial score (nSPS) is 30.2. The van der Waals surface area contributed by atoms with E-state index in [0.717, 1.165) is 53.2 Å². The van der Waals surface area contributed by atoms with E-state index in [1.807, 2.05) is 11.4 Å². The number of hydrogen-bond acceptors (Lipinski definition) is 4. The van der Waals surface area contributed by atoms with Crippen molar-refractivity contribution in [1.29, 1.82) is 0 Å². The first-order chi connectivity index (χ1) is 14.0. The zero-order valence-electron chi connectivity index (χ0n) is 15.7. The van der Waals surface area contributed by atoms with Gasteiger partial charge in [-0.2, -0.15) is 4.98 Å². The van der Waals surface area contributed by atoms with Crippen molar-refractivity contribution in [1.82, 2.24) is 14.6 Å². The van der Waals surface area contributed by atoms with E-state index < -0.39 is 0 Å². The van der Waals surface area contributed by atoms with Crippen molar-refractivity contribution in [2.75, 3.05) is 5.32 Å². The topological polar surface area (TPSA) is 59.3 Å². The summed E-state index contributed by atoms with van der Waals surface area (Å²) in [5.41, 5.74) is 1.47. The van der Waals surface area contributed by atoms with Crippen LogP contribution in [0.1, 0.15) is 38.5 Å². The highest BCUT2D eigenvalue weighted by molar-refractivity contribution is 7.15. The highest BCUT2D eigenvalue weighted by Crippen LogP contribution is 2.60. The van der Waals surface area contributed by atoms with E-state index in [2.05, 4.69) is 15.4 Å². The molecule has 0 spiro atoms. The van der Waals surface area contributed by atoms with Gasteiger partial charge in [0.2, 0.25) is 16.8 Å². The van der Waals surface area contributed by atoms with Gasteiger partial charge < -0.3 is 0 Å². The van der Waals surface area contributed by atoms with Crippen LogP contribution in [0.5, 0.6) is 0 Å². The molecule has 0 saturated heterocycles. The standard InChI is InChI=1S/C21H20Cl2N4OS/c22-14-1-2-15(16(23)6-14)17-10-29-20-25-19(26-27(17)20)24-18(28)21-7-11-3-12(8-21)5-13(4-11)9-21/h1-2,6,10-13H,3-5,7-9H2,(H,24,26,28). The summed E-state index contributed by atoms with van der Waals surface area (Å²) in [6.07, 6.45) is 7.03. The molecule has 150 valence electrons. The number of halogens is 2. The number of nitrogens with one attached hydrogen (secondary N) is 1. The average Bonchev–Trinajstić information content (AvgIpc) is 3.21. The molecule has 1 aromatic carbocycles. The number of fused-ring (bicyclic) bond motifs is 1. The Morgan fingerprint density at radius 2 is 1.83 bits per heavy atom. The van der Waals surface area contributed by atoms with E-state index >= 15 is 0 Å². The van der Waals surface area contributed by atoms with Gasteiger partial charge in [0.05, 0.1) is 16.1 Å². The van der Waals surface area contributed by atoms with Gasteiger partial charge in [0.1, 0.15) is 0 Å². The third kappa shape index (κ3) is 2.91. The number of aromatic nitrogens is 3. The number of thiazole rings is 1. The lowest BCUT2D eigenvalue weighted by atomic mass is 9.49. The fraction of sp³-hybridized carbons (Fsp3) is 0.476. The SMILES string of the molecule is O=C(Nc1nc2scc(-c3ccc(Cl)cc3Cl)n2n1)C12CC3CC(CC(C3)C1)C2. The van der Waals surface area contributed by atoms with Crippen molar-refractivity contribution in [2.45, 2.75) is 38.5 Å². The number of rotatable bonds is 3. The summed E-state index contributed by atoms with van der Waals surface area (Å²) >= 11 is 13.9. The van der Waals surface area contributed by atoms with Crippen LogP contribution in [0.3, 0.4) is 0 Å². The molecule has 4 fully saturated rings. The summed E-state index contributed by atoms with van der Waals surface area (Å²) in [6.45, 7) is 0. The number of nitrogens with zero attached hydrogens (tertiary/aromatic N) is 3. The lowest BCUT2D eigenvalue weighted by Crippen LogP contribution is -2.51. The summed E-state index contributed by atoms with van der Waals surface area (Å²) in [4.78, 5) is 18.5. The summed E-state index contributed by atoms with van der Waals surface area (Å²) in [5, 5.41) is 10.7. The van der Waals surface area contributed by atoms with Crippen molar-refractivity contribution in [3.8, 4) is 11.3 Å². The molecule has 0 unspecified atom stereocenters. The van der Waals surface area contributed by atoms with Gasteiger partial charge in [-0.15, -0.1) is 16.4 Å². The van der Waals surface area contributed by atoms with Gasteiger partial charge >= 0.3 is 0 Å². The van der Waals surface area contributed by atoms with Crippen molar-refractivity contribution >= 4 is 51.4 Å². The molecule has 2 aromatic heterocycles. The first-order valence-electron chi connectivity index (χ1n) is 10.1. The van der Waals surface area contributed by atoms with Gasteiger partial charge in [-0.3, -0.25) is 10.1 Å². The van der Waals surface area contributed by atoms with E-state index in [9.17, 15) is 4.79 Å². The molecule has 7 rings (SSSR count). The lowest BCUT2D eigenvalue weighted by molar-refractivity contribution is -0.140. The maximum atomic E-state index is 13.3. The molecule has 4 saturated carbocycles. The molecule has 0 radical (unpaired) electrons. The van der Waals surface area contributed by atoms with Crippen LogP contribution >= 0.6 is 34.5 Å². The highest BCUT2D eigenvalue weighted by atomic mass is 35.5. The van der Waals surface area contributed by atoms with Crippen molar-refractivity contribution in [3.05, 3.63) is 33.6 Å². The van der Waals surface area contributed by atoms with Gasteiger partial charge in [0, 0.05) is 16.0 Å². The maximum Gasteiger partial charge on any atom is 0.250 e. The van der Waals surface area contributed by atoms with Crippen LogP contribution in [0, 0.1) is 23.2 Å². The number of benzene rings is 1. The van der Waals surface area contributed by atoms with Gasteiger partial charge in [-0.25, -0.2) is 4.52 Å². The Kier molecular flexibility index (Phi) is 4.03. The van der Waals surface area contributed by atoms with Gasteiger partial charge in [0.15, 0.2) is 0 Å². The van der Waals surface area contributed by atoms with Crippen molar-refractivity contribution < 1.29 is 4.79 Å². The van der Waals surface area contributed by atoms with E-state index in [1.165, 1.54) is 30.6 Å². The number of hydrogen-bond donors (Lipinski definition) is 1. The van der Waals surface area contributed by atoms with Gasteiger partial charge in [0.25, 0.3) is 0 Å². The predicted molar refractivity (Wildman–Crippen MR) is 116 cm³/mol. The van der Waals surface area contributed by atoms with E-state index in [-0.39, 0.29) is 11.3 Å². The summed E-state index contributed by atoms with van der Waals surface area (Å²) in [5.74, 6) is 2.67. The molecule has 1 N–H and O–H groups in total. The zero-order chi connectivity index (χ0) is 19.8. The van der Waals surface area contributed by atoms with Crippen LogP contribution < -0.4 is 5.32 Å². The molecular weight excluding hydrogens is 427 g/mol. The van der Waals surface area contributed by atoms with Crippen LogP contribution in [0.2, 0.25) is 10.0 Å². The smallest absolute Gasteiger partial charge is 0.250 e. The Morgan fingerprint density at radius 3 is 2.48 bits per heavy atom. The maximum absolute atomic E-state index is 13.3. The number of amides is 1.